The van der Waals surface area contributed by atoms with Gasteiger partial charge in [0.1, 0.15) is 5.82 Å². The number of nitrogens with two attached hydrogens (primary N) is 1. The summed E-state index contributed by atoms with van der Waals surface area (Å²) >= 11 is 0. The maximum Gasteiger partial charge on any atom is 0.123 e. The Kier molecular flexibility index (Phi) is 2.19. The van der Waals surface area contributed by atoms with Gasteiger partial charge in [0.15, 0.2) is 0 Å². The van der Waals surface area contributed by atoms with Crippen LogP contribution in [0, 0.1) is 0 Å². The molecule has 1 aromatic heterocycles. The minimum Gasteiger partial charge on any atom is -0.384 e. The van der Waals surface area contributed by atoms with Gasteiger partial charge in [0.05, 0.1) is 5.69 Å². The van der Waals surface area contributed by atoms with Gasteiger partial charge in [-0.25, -0.2) is 4.98 Å². The van der Waals surface area contributed by atoms with Gasteiger partial charge in [-0.05, 0) is 32.4 Å². The molecule has 1 fully saturated rings. The van der Waals surface area contributed by atoms with Crippen LogP contribution in [0.1, 0.15) is 26.0 Å². The van der Waals surface area contributed by atoms with Crippen LogP contribution < -0.4 is 5.73 Å². The first kappa shape index (κ1) is 9.46. The van der Waals surface area contributed by atoms with Crippen molar-refractivity contribution in [2.75, 3.05) is 12.3 Å². The van der Waals surface area contributed by atoms with Gasteiger partial charge >= 0.3 is 0 Å². The Labute approximate surface area is 84.9 Å². The molecule has 0 atom stereocenters. The first-order valence-electron chi connectivity index (χ1n) is 5.04. The van der Waals surface area contributed by atoms with E-state index in [0.717, 1.165) is 12.2 Å². The molecule has 0 amide bonds. The minimum absolute atomic E-state index is 0.340. The van der Waals surface area contributed by atoms with Crippen molar-refractivity contribution in [1.29, 1.82) is 0 Å². The van der Waals surface area contributed by atoms with Crippen LogP contribution in [-0.4, -0.2) is 22.0 Å². The molecule has 0 aromatic carbocycles. The summed E-state index contributed by atoms with van der Waals surface area (Å²) in [5.41, 5.74) is 7.04. The number of pyridine rings is 1. The van der Waals surface area contributed by atoms with Crippen LogP contribution in [0.2, 0.25) is 0 Å². The number of hydrogen-bond acceptors (Lipinski definition) is 3. The van der Waals surface area contributed by atoms with E-state index in [1.54, 1.807) is 0 Å². The molecule has 0 spiro atoms. The minimum atomic E-state index is 0.340. The van der Waals surface area contributed by atoms with E-state index < -0.39 is 0 Å². The van der Waals surface area contributed by atoms with E-state index in [4.69, 9.17) is 5.73 Å². The van der Waals surface area contributed by atoms with E-state index in [1.165, 1.54) is 13.0 Å². The van der Waals surface area contributed by atoms with E-state index in [9.17, 15) is 0 Å². The molecule has 0 radical (unpaired) electrons. The zero-order chi connectivity index (χ0) is 10.2. The van der Waals surface area contributed by atoms with E-state index in [2.05, 4.69) is 23.7 Å². The molecule has 1 aromatic rings. The molecule has 0 unspecified atom stereocenters. The third-order valence-electron chi connectivity index (χ3n) is 3.03. The second-order valence-electron chi connectivity index (χ2n) is 4.54. The molecule has 2 heterocycles. The zero-order valence-corrected chi connectivity index (χ0v) is 8.83. The summed E-state index contributed by atoms with van der Waals surface area (Å²) in [7, 11) is 0. The average molecular weight is 191 g/mol. The Balaban J connectivity index is 2.05. The maximum atomic E-state index is 5.63. The topological polar surface area (TPSA) is 42.1 Å². The molecule has 0 aliphatic carbocycles. The summed E-state index contributed by atoms with van der Waals surface area (Å²) in [5, 5.41) is 0. The predicted molar refractivity (Wildman–Crippen MR) is 57.8 cm³/mol. The maximum absolute atomic E-state index is 5.63. The summed E-state index contributed by atoms with van der Waals surface area (Å²) in [4.78, 5) is 6.72. The van der Waals surface area contributed by atoms with Gasteiger partial charge in [-0.15, -0.1) is 0 Å². The Morgan fingerprint density at radius 2 is 2.29 bits per heavy atom. The van der Waals surface area contributed by atoms with Crippen molar-refractivity contribution in [3.8, 4) is 0 Å². The number of likely N-dealkylation sites (tertiary alicyclic amines) is 1. The predicted octanol–water partition coefficient (Wildman–Crippen LogP) is 1.65. The van der Waals surface area contributed by atoms with Crippen LogP contribution in [-0.2, 0) is 6.54 Å². The number of nitrogen functional groups attached to an aromatic ring is 1. The largest absolute Gasteiger partial charge is 0.384 e. The fraction of sp³-hybridized carbons (Fsp3) is 0.545. The molecule has 3 nitrogen and oxygen atoms in total. The molecule has 1 aliphatic rings. The Morgan fingerprint density at radius 3 is 2.79 bits per heavy atom. The number of hydrogen-bond donors (Lipinski definition) is 1. The second-order valence-corrected chi connectivity index (χ2v) is 4.54. The molecular weight excluding hydrogens is 174 g/mol. The van der Waals surface area contributed by atoms with Gasteiger partial charge in [0, 0.05) is 18.6 Å². The first-order chi connectivity index (χ1) is 6.58. The van der Waals surface area contributed by atoms with Crippen LogP contribution in [0.25, 0.3) is 0 Å². The highest BCUT2D eigenvalue weighted by Crippen LogP contribution is 2.30. The van der Waals surface area contributed by atoms with Gasteiger partial charge in [0.2, 0.25) is 0 Å². The molecule has 0 saturated carbocycles. The lowest BCUT2D eigenvalue weighted by Gasteiger charge is -2.48. The van der Waals surface area contributed by atoms with Crippen molar-refractivity contribution in [3.63, 3.8) is 0 Å². The van der Waals surface area contributed by atoms with E-state index in [1.807, 2.05) is 18.2 Å². The van der Waals surface area contributed by atoms with Crippen LogP contribution in [0.15, 0.2) is 18.2 Å². The molecule has 1 saturated heterocycles. The third kappa shape index (κ3) is 1.73. The lowest BCUT2D eigenvalue weighted by atomic mass is 9.89. The van der Waals surface area contributed by atoms with Crippen molar-refractivity contribution >= 4 is 5.82 Å². The van der Waals surface area contributed by atoms with Crippen LogP contribution >= 0.6 is 0 Å². The van der Waals surface area contributed by atoms with Crippen LogP contribution in [0.4, 0.5) is 5.82 Å². The van der Waals surface area contributed by atoms with E-state index >= 15 is 0 Å². The van der Waals surface area contributed by atoms with Crippen molar-refractivity contribution in [2.24, 2.45) is 0 Å². The van der Waals surface area contributed by atoms with Crippen molar-refractivity contribution in [1.82, 2.24) is 9.88 Å². The van der Waals surface area contributed by atoms with Crippen molar-refractivity contribution < 1.29 is 0 Å². The molecule has 1 aliphatic heterocycles. The van der Waals surface area contributed by atoms with Gasteiger partial charge in [-0.2, -0.15) is 0 Å². The summed E-state index contributed by atoms with van der Waals surface area (Å²) in [6.45, 7) is 6.62. The van der Waals surface area contributed by atoms with Crippen LogP contribution in [0.3, 0.4) is 0 Å². The van der Waals surface area contributed by atoms with Gasteiger partial charge < -0.3 is 5.73 Å². The highest BCUT2D eigenvalue weighted by Gasteiger charge is 2.35. The van der Waals surface area contributed by atoms with Crippen molar-refractivity contribution in [3.05, 3.63) is 23.9 Å². The lowest BCUT2D eigenvalue weighted by molar-refractivity contribution is 0.00689. The average Bonchev–Trinajstić information content (AvgIpc) is 2.13. The second kappa shape index (κ2) is 3.24. The molecule has 14 heavy (non-hydrogen) atoms. The highest BCUT2D eigenvalue weighted by molar-refractivity contribution is 5.28. The fourth-order valence-corrected chi connectivity index (χ4v) is 1.79. The summed E-state index contributed by atoms with van der Waals surface area (Å²) in [5.74, 6) is 0.612. The highest BCUT2D eigenvalue weighted by atomic mass is 15.2. The summed E-state index contributed by atoms with van der Waals surface area (Å²) in [6.07, 6.45) is 1.27. The van der Waals surface area contributed by atoms with Crippen LogP contribution in [0.5, 0.6) is 0 Å². The van der Waals surface area contributed by atoms with Gasteiger partial charge in [-0.3, -0.25) is 4.90 Å². The van der Waals surface area contributed by atoms with Crippen molar-refractivity contribution in [2.45, 2.75) is 32.4 Å². The number of aromatic nitrogens is 1. The SMILES string of the molecule is CC1(C)CCN1Cc1cccc(N)n1. The molecule has 3 heteroatoms. The van der Waals surface area contributed by atoms with E-state index in [0.29, 0.717) is 11.4 Å². The first-order valence-corrected chi connectivity index (χ1v) is 5.04. The fourth-order valence-electron chi connectivity index (χ4n) is 1.79. The van der Waals surface area contributed by atoms with E-state index in [-0.39, 0.29) is 0 Å². The van der Waals surface area contributed by atoms with Gasteiger partial charge in [-0.1, -0.05) is 6.07 Å². The Hall–Kier alpha value is -1.09. The number of nitrogens with zero attached hydrogens (tertiary/aromatic N) is 2. The molecule has 76 valence electrons. The number of rotatable bonds is 2. The third-order valence-corrected chi connectivity index (χ3v) is 3.03. The standard InChI is InChI=1S/C11H17N3/c1-11(2)6-7-14(11)8-9-4-3-5-10(12)13-9/h3-5H,6-8H2,1-2H3,(H2,12,13). The zero-order valence-electron chi connectivity index (χ0n) is 8.83. The Morgan fingerprint density at radius 1 is 1.50 bits per heavy atom. The normalized spacial score (nSPS) is 20.4. The quantitative estimate of drug-likeness (QED) is 0.773. The summed E-state index contributed by atoms with van der Waals surface area (Å²) in [6, 6.07) is 5.82. The lowest BCUT2D eigenvalue weighted by Crippen LogP contribution is -2.54. The summed E-state index contributed by atoms with van der Waals surface area (Å²) < 4.78 is 0. The molecule has 2 rings (SSSR count). The number of anilines is 1. The smallest absolute Gasteiger partial charge is 0.123 e. The molecule has 0 bridgehead atoms. The van der Waals surface area contributed by atoms with Gasteiger partial charge in [0.25, 0.3) is 0 Å². The Bertz CT molecular complexity index is 333. The molecular formula is C11H17N3. The molecule has 2 N–H and O–H groups in total. The monoisotopic (exact) mass is 191 g/mol.